The van der Waals surface area contributed by atoms with Gasteiger partial charge in [-0.15, -0.1) is 0 Å². The molecule has 4 rings (SSSR count). The lowest BCUT2D eigenvalue weighted by molar-refractivity contribution is -0.113. The summed E-state index contributed by atoms with van der Waals surface area (Å²) in [5.41, 5.74) is 3.99. The Morgan fingerprint density at radius 2 is 1.80 bits per heavy atom. The summed E-state index contributed by atoms with van der Waals surface area (Å²) >= 11 is 0. The molecular weight excluding hydrogens is 380 g/mol. The molecule has 0 saturated heterocycles. The van der Waals surface area contributed by atoms with Crippen molar-refractivity contribution in [3.8, 4) is 5.75 Å². The van der Waals surface area contributed by atoms with E-state index in [-0.39, 0.29) is 12.0 Å². The van der Waals surface area contributed by atoms with E-state index < -0.39 is 6.04 Å². The molecule has 2 aromatic carbocycles. The first kappa shape index (κ1) is 19.6. The topological polar surface area (TPSA) is 94.0 Å². The number of allylic oxidation sites excluding steroid dienone is 1. The third-order valence-corrected chi connectivity index (χ3v) is 4.84. The van der Waals surface area contributed by atoms with Crippen LogP contribution in [0.25, 0.3) is 0 Å². The highest BCUT2D eigenvalue weighted by Gasteiger charge is 2.34. The molecule has 1 aliphatic heterocycles. The van der Waals surface area contributed by atoms with Gasteiger partial charge in [0.05, 0.1) is 11.7 Å². The van der Waals surface area contributed by atoms with Crippen LogP contribution in [-0.2, 0) is 4.79 Å². The van der Waals surface area contributed by atoms with Gasteiger partial charge in [-0.25, -0.2) is 0 Å². The molecule has 2 heterocycles. The molecule has 154 valence electrons. The van der Waals surface area contributed by atoms with Crippen molar-refractivity contribution in [1.82, 2.24) is 20.2 Å². The molecule has 8 nitrogen and oxygen atoms in total. The summed E-state index contributed by atoms with van der Waals surface area (Å²) in [7, 11) is 0. The summed E-state index contributed by atoms with van der Waals surface area (Å²) < 4.78 is 7.36. The molecule has 0 bridgehead atoms. The normalized spacial score (nSPS) is 15.6. The Morgan fingerprint density at radius 1 is 1.10 bits per heavy atom. The molecule has 8 heteroatoms. The largest absolute Gasteiger partial charge is 0.491 e. The lowest BCUT2D eigenvalue weighted by atomic mass is 9.95. The summed E-state index contributed by atoms with van der Waals surface area (Å²) in [5, 5.41) is 18.0. The van der Waals surface area contributed by atoms with E-state index >= 15 is 0 Å². The Bertz CT molecular complexity index is 1080. The van der Waals surface area contributed by atoms with Gasteiger partial charge >= 0.3 is 0 Å². The molecule has 30 heavy (non-hydrogen) atoms. The fourth-order valence-corrected chi connectivity index (χ4v) is 3.45. The van der Waals surface area contributed by atoms with Crippen LogP contribution >= 0.6 is 0 Å². The molecule has 0 spiro atoms. The number of carbonyl (C=O) groups excluding carboxylic acids is 1. The summed E-state index contributed by atoms with van der Waals surface area (Å²) in [6, 6.07) is 14.9. The van der Waals surface area contributed by atoms with E-state index in [4.69, 9.17) is 4.74 Å². The lowest BCUT2D eigenvalue weighted by Crippen LogP contribution is -2.31. The van der Waals surface area contributed by atoms with E-state index in [1.165, 1.54) is 0 Å². The minimum absolute atomic E-state index is 0.0823. The molecule has 0 radical (unpaired) electrons. The number of amides is 1. The summed E-state index contributed by atoms with van der Waals surface area (Å²) in [6.45, 7) is 7.82. The number of benzene rings is 2. The van der Waals surface area contributed by atoms with Crippen LogP contribution in [0.15, 0.2) is 59.8 Å². The number of hydrogen-bond donors (Lipinski definition) is 2. The molecule has 0 fully saturated rings. The van der Waals surface area contributed by atoms with Gasteiger partial charge in [-0.1, -0.05) is 34.9 Å². The smallest absolute Gasteiger partial charge is 0.255 e. The summed E-state index contributed by atoms with van der Waals surface area (Å²) in [6.07, 6.45) is 0.0823. The number of tetrazole rings is 1. The van der Waals surface area contributed by atoms with Crippen LogP contribution in [0.4, 0.5) is 11.6 Å². The number of anilines is 2. The number of carbonyl (C=O) groups is 1. The van der Waals surface area contributed by atoms with Crippen LogP contribution in [0.2, 0.25) is 0 Å². The Kier molecular flexibility index (Phi) is 5.22. The maximum absolute atomic E-state index is 13.3. The first-order chi connectivity index (χ1) is 14.4. The summed E-state index contributed by atoms with van der Waals surface area (Å²) in [4.78, 5) is 13.3. The van der Waals surface area contributed by atoms with Crippen LogP contribution in [0, 0.1) is 6.92 Å². The zero-order chi connectivity index (χ0) is 21.3. The van der Waals surface area contributed by atoms with Gasteiger partial charge in [0.2, 0.25) is 5.95 Å². The minimum Gasteiger partial charge on any atom is -0.491 e. The first-order valence-corrected chi connectivity index (χ1v) is 9.82. The highest BCUT2D eigenvalue weighted by Crippen LogP contribution is 2.35. The van der Waals surface area contributed by atoms with Crippen LogP contribution < -0.4 is 15.4 Å². The molecule has 1 atom stereocenters. The maximum Gasteiger partial charge on any atom is 0.255 e. The van der Waals surface area contributed by atoms with E-state index in [1.54, 1.807) is 4.68 Å². The highest BCUT2D eigenvalue weighted by atomic mass is 16.5. The van der Waals surface area contributed by atoms with Crippen molar-refractivity contribution in [2.45, 2.75) is 39.8 Å². The van der Waals surface area contributed by atoms with Crippen molar-refractivity contribution in [1.29, 1.82) is 0 Å². The fourth-order valence-electron chi connectivity index (χ4n) is 3.45. The Morgan fingerprint density at radius 3 is 2.47 bits per heavy atom. The number of nitrogens with zero attached hydrogens (tertiary/aromatic N) is 4. The number of nitrogens with one attached hydrogen (secondary N) is 2. The molecule has 1 amide bonds. The van der Waals surface area contributed by atoms with Gasteiger partial charge in [0.1, 0.15) is 11.8 Å². The van der Waals surface area contributed by atoms with Gasteiger partial charge in [0.15, 0.2) is 0 Å². The first-order valence-electron chi connectivity index (χ1n) is 9.82. The van der Waals surface area contributed by atoms with Crippen molar-refractivity contribution in [3.05, 3.63) is 70.9 Å². The van der Waals surface area contributed by atoms with E-state index in [0.717, 1.165) is 22.6 Å². The summed E-state index contributed by atoms with van der Waals surface area (Å²) in [5.74, 6) is 1.05. The van der Waals surface area contributed by atoms with Gasteiger partial charge in [-0.05, 0) is 68.0 Å². The minimum atomic E-state index is -0.463. The van der Waals surface area contributed by atoms with E-state index in [0.29, 0.717) is 17.2 Å². The quantitative estimate of drug-likeness (QED) is 0.673. The zero-order valence-electron chi connectivity index (χ0n) is 17.4. The fraction of sp³-hybridized carbons (Fsp3) is 0.273. The van der Waals surface area contributed by atoms with Crippen molar-refractivity contribution < 1.29 is 9.53 Å². The molecule has 0 aliphatic carbocycles. The van der Waals surface area contributed by atoms with Gasteiger partial charge in [0, 0.05) is 11.4 Å². The van der Waals surface area contributed by atoms with Crippen LogP contribution in [-0.4, -0.2) is 32.2 Å². The number of rotatable bonds is 5. The monoisotopic (exact) mass is 404 g/mol. The second-order valence-corrected chi connectivity index (χ2v) is 7.57. The highest BCUT2D eigenvalue weighted by molar-refractivity contribution is 6.06. The van der Waals surface area contributed by atoms with Crippen molar-refractivity contribution in [2.24, 2.45) is 0 Å². The van der Waals surface area contributed by atoms with Crippen LogP contribution in [0.3, 0.4) is 0 Å². The lowest BCUT2D eigenvalue weighted by Gasteiger charge is -2.28. The predicted octanol–water partition coefficient (Wildman–Crippen LogP) is 3.70. The van der Waals surface area contributed by atoms with Gasteiger partial charge in [-0.2, -0.15) is 4.68 Å². The maximum atomic E-state index is 13.3. The number of ether oxygens (including phenoxy) is 1. The van der Waals surface area contributed by atoms with E-state index in [9.17, 15) is 4.79 Å². The van der Waals surface area contributed by atoms with Crippen LogP contribution in [0.1, 0.15) is 37.9 Å². The second-order valence-electron chi connectivity index (χ2n) is 7.57. The van der Waals surface area contributed by atoms with Gasteiger partial charge in [-0.3, -0.25) is 4.79 Å². The standard InChI is InChI=1S/C22H24N6O2/c1-13(2)30-18-11-7-16(8-12-18)20-19(15(4)23-22-25-26-27-28(20)22)21(29)24-17-9-5-14(3)6-10-17/h5-13,20H,1-4H3,(H,24,29)(H,23,25,27). The van der Waals surface area contributed by atoms with Crippen LogP contribution in [0.5, 0.6) is 5.75 Å². The van der Waals surface area contributed by atoms with Gasteiger partial charge < -0.3 is 15.4 Å². The number of hydrogen-bond acceptors (Lipinski definition) is 6. The Hall–Kier alpha value is -3.68. The average Bonchev–Trinajstić information content (AvgIpc) is 3.17. The molecule has 1 aromatic heterocycles. The molecule has 1 aliphatic rings. The van der Waals surface area contributed by atoms with Gasteiger partial charge in [0.25, 0.3) is 5.91 Å². The number of aromatic nitrogens is 4. The van der Waals surface area contributed by atoms with Crippen molar-refractivity contribution in [3.63, 3.8) is 0 Å². The molecule has 2 N–H and O–H groups in total. The molecular formula is C22H24N6O2. The SMILES string of the molecule is CC1=C(C(=O)Nc2ccc(C)cc2)C(c2ccc(OC(C)C)cc2)n2nnnc2N1. The molecule has 0 saturated carbocycles. The second kappa shape index (κ2) is 7.98. The average molecular weight is 404 g/mol. The zero-order valence-corrected chi connectivity index (χ0v) is 17.4. The van der Waals surface area contributed by atoms with E-state index in [2.05, 4.69) is 26.2 Å². The molecule has 1 unspecified atom stereocenters. The third-order valence-electron chi connectivity index (χ3n) is 4.84. The predicted molar refractivity (Wildman–Crippen MR) is 114 cm³/mol. The van der Waals surface area contributed by atoms with E-state index in [1.807, 2.05) is 76.2 Å². The Labute approximate surface area is 174 Å². The van der Waals surface area contributed by atoms with Crippen molar-refractivity contribution in [2.75, 3.05) is 10.6 Å². The molecule has 3 aromatic rings. The third kappa shape index (κ3) is 3.89. The Balaban J connectivity index is 1.70. The van der Waals surface area contributed by atoms with Crippen molar-refractivity contribution >= 4 is 17.5 Å². The number of fused-ring (bicyclic) bond motifs is 1. The number of aryl methyl sites for hydroxylation is 1.